The second-order valence-electron chi connectivity index (χ2n) is 5.96. The third-order valence-corrected chi connectivity index (χ3v) is 4.71. The van der Waals surface area contributed by atoms with Crippen LogP contribution >= 0.6 is 0 Å². The van der Waals surface area contributed by atoms with E-state index in [0.29, 0.717) is 6.04 Å². The average molecular weight is 274 g/mol. The number of nitrogens with zero attached hydrogens (tertiary/aromatic N) is 2. The predicted octanol–water partition coefficient (Wildman–Crippen LogP) is 1.76. The number of aliphatic carboxylic acids is 1. The number of likely N-dealkylation sites (tertiary alicyclic amines) is 1. The van der Waals surface area contributed by atoms with Gasteiger partial charge in [0.1, 0.15) is 6.04 Å². The van der Waals surface area contributed by atoms with Gasteiger partial charge in [-0.15, -0.1) is 0 Å². The van der Waals surface area contributed by atoms with Crippen molar-refractivity contribution in [3.63, 3.8) is 0 Å². The van der Waals surface area contributed by atoms with Crippen molar-refractivity contribution in [2.45, 2.75) is 31.3 Å². The number of carboxylic acids is 1. The van der Waals surface area contributed by atoms with Gasteiger partial charge in [0.15, 0.2) is 0 Å². The maximum Gasteiger partial charge on any atom is 0.325 e. The molecule has 0 spiro atoms. The third kappa shape index (κ3) is 2.45. The normalized spacial score (nSPS) is 25.4. The Labute approximate surface area is 120 Å². The largest absolute Gasteiger partial charge is 0.480 e. The molecule has 0 aromatic heterocycles. The Morgan fingerprint density at radius 1 is 1.20 bits per heavy atom. The molecule has 3 rings (SSSR count). The molecule has 20 heavy (non-hydrogen) atoms. The zero-order valence-corrected chi connectivity index (χ0v) is 12.0. The maximum atomic E-state index is 11.8. The summed E-state index contributed by atoms with van der Waals surface area (Å²) < 4.78 is 0. The van der Waals surface area contributed by atoms with Crippen molar-refractivity contribution in [3.05, 3.63) is 35.4 Å². The number of carboxylic acid groups (broad SMARTS) is 1. The molecule has 1 unspecified atom stereocenters. The summed E-state index contributed by atoms with van der Waals surface area (Å²) in [7, 11) is 2.14. The highest BCUT2D eigenvalue weighted by atomic mass is 16.4. The van der Waals surface area contributed by atoms with Crippen molar-refractivity contribution >= 4 is 5.97 Å². The molecule has 1 saturated heterocycles. The molecule has 2 aliphatic heterocycles. The first-order chi connectivity index (χ1) is 9.66. The minimum atomic E-state index is -0.712. The smallest absolute Gasteiger partial charge is 0.325 e. The van der Waals surface area contributed by atoms with Gasteiger partial charge < -0.3 is 10.0 Å². The molecule has 1 atom stereocenters. The predicted molar refractivity (Wildman–Crippen MR) is 77.7 cm³/mol. The van der Waals surface area contributed by atoms with Crippen LogP contribution in [0, 0.1) is 0 Å². The Morgan fingerprint density at radius 3 is 2.60 bits per heavy atom. The molecule has 0 aliphatic carbocycles. The molecular weight excluding hydrogens is 252 g/mol. The molecule has 0 bridgehead atoms. The van der Waals surface area contributed by atoms with Crippen molar-refractivity contribution in [1.82, 2.24) is 9.80 Å². The van der Waals surface area contributed by atoms with Crippen LogP contribution in [-0.2, 0) is 11.2 Å². The molecule has 0 saturated carbocycles. The number of piperidine rings is 1. The SMILES string of the molecule is CN1CCC(N2CCc3ccccc3C2C(=O)O)CC1. The molecule has 0 radical (unpaired) electrons. The summed E-state index contributed by atoms with van der Waals surface area (Å²) in [5.74, 6) is -0.712. The van der Waals surface area contributed by atoms with Crippen molar-refractivity contribution in [1.29, 1.82) is 0 Å². The van der Waals surface area contributed by atoms with Crippen LogP contribution in [0.25, 0.3) is 0 Å². The quantitative estimate of drug-likeness (QED) is 0.892. The van der Waals surface area contributed by atoms with Gasteiger partial charge >= 0.3 is 5.97 Å². The fourth-order valence-corrected chi connectivity index (χ4v) is 3.58. The number of carbonyl (C=O) groups is 1. The van der Waals surface area contributed by atoms with E-state index >= 15 is 0 Å². The van der Waals surface area contributed by atoms with E-state index in [4.69, 9.17) is 0 Å². The molecule has 2 heterocycles. The standard InChI is InChI=1S/C16H22N2O2/c1-17-9-7-13(8-10-17)18-11-6-12-4-2-3-5-14(12)15(18)16(19)20/h2-5,13,15H,6-11H2,1H3,(H,19,20). The zero-order valence-electron chi connectivity index (χ0n) is 12.0. The van der Waals surface area contributed by atoms with Crippen molar-refractivity contribution < 1.29 is 9.90 Å². The fraction of sp³-hybridized carbons (Fsp3) is 0.562. The van der Waals surface area contributed by atoms with Crippen LogP contribution in [0.5, 0.6) is 0 Å². The molecular formula is C16H22N2O2. The molecule has 0 amide bonds. The van der Waals surface area contributed by atoms with Crippen LogP contribution in [0.1, 0.15) is 30.0 Å². The van der Waals surface area contributed by atoms with E-state index in [1.54, 1.807) is 0 Å². The first-order valence-electron chi connectivity index (χ1n) is 7.41. The minimum Gasteiger partial charge on any atom is -0.480 e. The summed E-state index contributed by atoms with van der Waals surface area (Å²) in [6.07, 6.45) is 3.11. The van der Waals surface area contributed by atoms with E-state index in [1.807, 2.05) is 18.2 Å². The Hall–Kier alpha value is -1.39. The lowest BCUT2D eigenvalue weighted by molar-refractivity contribution is -0.145. The van der Waals surface area contributed by atoms with Gasteiger partial charge in [-0.1, -0.05) is 24.3 Å². The molecule has 2 aliphatic rings. The van der Waals surface area contributed by atoms with E-state index in [2.05, 4.69) is 22.9 Å². The summed E-state index contributed by atoms with van der Waals surface area (Å²) in [6, 6.07) is 7.94. The van der Waals surface area contributed by atoms with E-state index in [1.165, 1.54) is 5.56 Å². The first-order valence-corrected chi connectivity index (χ1v) is 7.41. The van der Waals surface area contributed by atoms with E-state index in [0.717, 1.165) is 44.5 Å². The summed E-state index contributed by atoms with van der Waals surface area (Å²) in [4.78, 5) is 16.3. The summed E-state index contributed by atoms with van der Waals surface area (Å²) in [5, 5.41) is 9.69. The van der Waals surface area contributed by atoms with Gasteiger partial charge in [0.05, 0.1) is 0 Å². The lowest BCUT2D eigenvalue weighted by Crippen LogP contribution is -2.49. The van der Waals surface area contributed by atoms with Gasteiger partial charge in [-0.05, 0) is 50.5 Å². The van der Waals surface area contributed by atoms with Crippen LogP contribution in [0.3, 0.4) is 0 Å². The third-order valence-electron chi connectivity index (χ3n) is 4.71. The lowest BCUT2D eigenvalue weighted by atomic mass is 9.89. The van der Waals surface area contributed by atoms with Crippen LogP contribution in [0.2, 0.25) is 0 Å². The molecule has 4 nitrogen and oxygen atoms in total. The zero-order chi connectivity index (χ0) is 14.1. The highest BCUT2D eigenvalue weighted by Crippen LogP contribution is 2.33. The van der Waals surface area contributed by atoms with Crippen molar-refractivity contribution in [2.24, 2.45) is 0 Å². The number of hydrogen-bond donors (Lipinski definition) is 1. The van der Waals surface area contributed by atoms with Crippen LogP contribution in [0.15, 0.2) is 24.3 Å². The molecule has 1 N–H and O–H groups in total. The second-order valence-corrected chi connectivity index (χ2v) is 5.96. The lowest BCUT2D eigenvalue weighted by Gasteiger charge is -2.43. The van der Waals surface area contributed by atoms with Crippen LogP contribution in [0.4, 0.5) is 0 Å². The second kappa shape index (κ2) is 5.54. The highest BCUT2D eigenvalue weighted by Gasteiger charge is 2.37. The molecule has 4 heteroatoms. The van der Waals surface area contributed by atoms with Crippen molar-refractivity contribution in [3.8, 4) is 0 Å². The molecule has 1 aromatic carbocycles. The molecule has 108 valence electrons. The fourth-order valence-electron chi connectivity index (χ4n) is 3.58. The first kappa shape index (κ1) is 13.6. The number of benzene rings is 1. The van der Waals surface area contributed by atoms with Gasteiger partial charge in [-0.25, -0.2) is 0 Å². The highest BCUT2D eigenvalue weighted by molar-refractivity contribution is 5.76. The van der Waals surface area contributed by atoms with Gasteiger partial charge in [0, 0.05) is 12.6 Å². The number of fused-ring (bicyclic) bond motifs is 1. The molecule has 1 fully saturated rings. The topological polar surface area (TPSA) is 43.8 Å². The minimum absolute atomic E-state index is 0.403. The van der Waals surface area contributed by atoms with E-state index in [-0.39, 0.29) is 0 Å². The van der Waals surface area contributed by atoms with Crippen LogP contribution in [-0.4, -0.2) is 53.6 Å². The van der Waals surface area contributed by atoms with Crippen molar-refractivity contribution in [2.75, 3.05) is 26.7 Å². The Bertz CT molecular complexity index is 495. The number of rotatable bonds is 2. The molecule has 1 aromatic rings. The summed E-state index contributed by atoms with van der Waals surface area (Å²) in [5.41, 5.74) is 2.19. The monoisotopic (exact) mass is 274 g/mol. The van der Waals surface area contributed by atoms with Gasteiger partial charge in [-0.3, -0.25) is 9.69 Å². The summed E-state index contributed by atoms with van der Waals surface area (Å²) in [6.45, 7) is 2.99. The Balaban J connectivity index is 1.87. The van der Waals surface area contributed by atoms with E-state index < -0.39 is 12.0 Å². The maximum absolute atomic E-state index is 11.8. The van der Waals surface area contributed by atoms with Gasteiger partial charge in [0.25, 0.3) is 0 Å². The van der Waals surface area contributed by atoms with Gasteiger partial charge in [-0.2, -0.15) is 0 Å². The number of hydrogen-bond acceptors (Lipinski definition) is 3. The van der Waals surface area contributed by atoms with Crippen LogP contribution < -0.4 is 0 Å². The Morgan fingerprint density at radius 2 is 1.90 bits per heavy atom. The average Bonchev–Trinajstić information content (AvgIpc) is 2.46. The van der Waals surface area contributed by atoms with E-state index in [9.17, 15) is 9.90 Å². The summed E-state index contributed by atoms with van der Waals surface area (Å²) >= 11 is 0. The van der Waals surface area contributed by atoms with Gasteiger partial charge in [0.2, 0.25) is 0 Å². The Kier molecular flexibility index (Phi) is 3.76.